The Hall–Kier alpha value is -3.45. The molecule has 7 nitrogen and oxygen atoms in total. The maximum atomic E-state index is 6.54. The summed E-state index contributed by atoms with van der Waals surface area (Å²) in [5.74, 6) is 1.51. The van der Waals surface area contributed by atoms with E-state index in [-0.39, 0.29) is 6.04 Å². The summed E-state index contributed by atoms with van der Waals surface area (Å²) in [5.41, 5.74) is 4.10. The summed E-state index contributed by atoms with van der Waals surface area (Å²) in [4.78, 5) is 20.7. The normalized spacial score (nSPS) is 12.5. The Bertz CT molecular complexity index is 1280. The number of H-pyrrole nitrogens is 1. The lowest BCUT2D eigenvalue weighted by atomic mass is 10.2. The second-order valence-corrected chi connectivity index (χ2v) is 6.85. The summed E-state index contributed by atoms with van der Waals surface area (Å²) in [7, 11) is 0. The molecule has 0 spiro atoms. The van der Waals surface area contributed by atoms with Gasteiger partial charge in [0.1, 0.15) is 17.7 Å². The Labute approximate surface area is 165 Å². The number of aromatic nitrogens is 6. The van der Waals surface area contributed by atoms with Gasteiger partial charge in [0.05, 0.1) is 28.4 Å². The predicted octanol–water partition coefficient (Wildman–Crippen LogP) is 4.52. The van der Waals surface area contributed by atoms with Crippen molar-refractivity contribution in [3.8, 4) is 5.69 Å². The molecule has 2 N–H and O–H groups in total. The van der Waals surface area contributed by atoms with Gasteiger partial charge in [-0.05, 0) is 31.2 Å². The summed E-state index contributed by atoms with van der Waals surface area (Å²) in [6, 6.07) is 15.7. The average Bonchev–Trinajstić information content (AvgIpc) is 3.34. The minimum absolute atomic E-state index is 0.148. The molecule has 28 heavy (non-hydrogen) atoms. The summed E-state index contributed by atoms with van der Waals surface area (Å²) >= 11 is 6.54. The first-order valence-electron chi connectivity index (χ1n) is 8.85. The molecule has 138 valence electrons. The highest BCUT2D eigenvalue weighted by atomic mass is 35.5. The maximum Gasteiger partial charge on any atom is 0.182 e. The van der Waals surface area contributed by atoms with Gasteiger partial charge in [-0.15, -0.1) is 0 Å². The molecule has 0 radical (unpaired) electrons. The van der Waals surface area contributed by atoms with Gasteiger partial charge in [-0.2, -0.15) is 0 Å². The number of benzene rings is 2. The van der Waals surface area contributed by atoms with Gasteiger partial charge in [0.25, 0.3) is 0 Å². The van der Waals surface area contributed by atoms with Gasteiger partial charge in [0.2, 0.25) is 0 Å². The summed E-state index contributed by atoms with van der Waals surface area (Å²) in [5, 5.41) is 4.09. The molecule has 1 atom stereocenters. The molecule has 5 rings (SSSR count). The van der Waals surface area contributed by atoms with Crippen molar-refractivity contribution < 1.29 is 0 Å². The number of fused-ring (bicyclic) bond motifs is 2. The first-order chi connectivity index (χ1) is 13.7. The lowest BCUT2D eigenvalue weighted by molar-refractivity contribution is 0.769. The number of hydrogen-bond acceptors (Lipinski definition) is 5. The number of anilines is 1. The third-order valence-corrected chi connectivity index (χ3v) is 4.94. The zero-order valence-corrected chi connectivity index (χ0v) is 15.7. The zero-order chi connectivity index (χ0) is 19.1. The van der Waals surface area contributed by atoms with Gasteiger partial charge in [-0.3, -0.25) is 4.57 Å². The number of para-hydroxylation sites is 2. The van der Waals surface area contributed by atoms with Crippen LogP contribution < -0.4 is 5.32 Å². The van der Waals surface area contributed by atoms with E-state index in [4.69, 9.17) is 16.6 Å². The third-order valence-electron chi connectivity index (χ3n) is 4.63. The summed E-state index contributed by atoms with van der Waals surface area (Å²) in [6.07, 6.45) is 3.10. The van der Waals surface area contributed by atoms with Crippen LogP contribution in [-0.2, 0) is 0 Å². The lowest BCUT2D eigenvalue weighted by Crippen LogP contribution is -2.14. The molecule has 8 heteroatoms. The van der Waals surface area contributed by atoms with Crippen molar-refractivity contribution in [2.45, 2.75) is 13.0 Å². The molecule has 0 fully saturated rings. The number of imidazole rings is 2. The van der Waals surface area contributed by atoms with Crippen LogP contribution in [0.25, 0.3) is 27.9 Å². The van der Waals surface area contributed by atoms with E-state index >= 15 is 0 Å². The molecule has 5 aromatic rings. The molecule has 0 saturated heterocycles. The van der Waals surface area contributed by atoms with Crippen LogP contribution in [0.3, 0.4) is 0 Å². The Balaban J connectivity index is 1.66. The maximum absolute atomic E-state index is 6.54. The topological polar surface area (TPSA) is 84.3 Å². The molecule has 0 aliphatic carbocycles. The van der Waals surface area contributed by atoms with E-state index in [0.29, 0.717) is 16.5 Å². The van der Waals surface area contributed by atoms with Crippen molar-refractivity contribution in [3.63, 3.8) is 0 Å². The van der Waals surface area contributed by atoms with Crippen LogP contribution in [0.4, 0.5) is 5.82 Å². The van der Waals surface area contributed by atoms with Crippen LogP contribution >= 0.6 is 11.6 Å². The van der Waals surface area contributed by atoms with Crippen molar-refractivity contribution in [1.82, 2.24) is 29.5 Å². The average molecular weight is 390 g/mol. The first kappa shape index (κ1) is 16.7. The monoisotopic (exact) mass is 389 g/mol. The molecule has 3 aromatic heterocycles. The molecule has 0 aliphatic rings. The number of nitrogens with one attached hydrogen (secondary N) is 2. The van der Waals surface area contributed by atoms with Gasteiger partial charge in [0.15, 0.2) is 11.5 Å². The summed E-state index contributed by atoms with van der Waals surface area (Å²) in [6.45, 7) is 2.04. The van der Waals surface area contributed by atoms with Crippen molar-refractivity contribution >= 4 is 39.6 Å². The molecule has 2 aromatic carbocycles. The molecule has 0 aliphatic heterocycles. The molecule has 0 saturated carbocycles. The number of halogens is 1. The third kappa shape index (κ3) is 2.68. The van der Waals surface area contributed by atoms with Crippen LogP contribution in [0.5, 0.6) is 0 Å². The molecule has 0 amide bonds. The number of aromatic amines is 1. The van der Waals surface area contributed by atoms with E-state index in [0.717, 1.165) is 28.1 Å². The van der Waals surface area contributed by atoms with Crippen LogP contribution in [0.15, 0.2) is 61.2 Å². The minimum atomic E-state index is -0.148. The van der Waals surface area contributed by atoms with Gasteiger partial charge in [-0.1, -0.05) is 35.9 Å². The molecule has 3 heterocycles. The van der Waals surface area contributed by atoms with Gasteiger partial charge >= 0.3 is 0 Å². The van der Waals surface area contributed by atoms with Gasteiger partial charge in [-0.25, -0.2) is 19.9 Å². The second kappa shape index (κ2) is 6.61. The van der Waals surface area contributed by atoms with Crippen LogP contribution in [0, 0.1) is 0 Å². The Morgan fingerprint density at radius 1 is 1.04 bits per heavy atom. The summed E-state index contributed by atoms with van der Waals surface area (Å²) < 4.78 is 2.08. The van der Waals surface area contributed by atoms with E-state index in [9.17, 15) is 0 Å². The Morgan fingerprint density at radius 3 is 2.75 bits per heavy atom. The quantitative estimate of drug-likeness (QED) is 0.472. The van der Waals surface area contributed by atoms with E-state index in [1.165, 1.54) is 6.33 Å². The Morgan fingerprint density at radius 2 is 1.89 bits per heavy atom. The highest BCUT2D eigenvalue weighted by Crippen LogP contribution is 2.31. The van der Waals surface area contributed by atoms with Crippen molar-refractivity contribution in [3.05, 3.63) is 72.0 Å². The van der Waals surface area contributed by atoms with Gasteiger partial charge < -0.3 is 10.3 Å². The minimum Gasteiger partial charge on any atom is -0.358 e. The van der Waals surface area contributed by atoms with E-state index in [2.05, 4.69) is 29.8 Å². The Kier molecular flexibility index (Phi) is 3.95. The zero-order valence-electron chi connectivity index (χ0n) is 15.0. The van der Waals surface area contributed by atoms with Crippen LogP contribution in [0.1, 0.15) is 18.8 Å². The van der Waals surface area contributed by atoms with Crippen LogP contribution in [-0.4, -0.2) is 29.5 Å². The second-order valence-electron chi connectivity index (χ2n) is 6.44. The fourth-order valence-electron chi connectivity index (χ4n) is 3.38. The molecular weight excluding hydrogens is 374 g/mol. The highest BCUT2D eigenvalue weighted by molar-refractivity contribution is 6.35. The van der Waals surface area contributed by atoms with Crippen molar-refractivity contribution in [2.75, 3.05) is 5.32 Å². The number of rotatable bonds is 4. The lowest BCUT2D eigenvalue weighted by Gasteiger charge is -2.17. The standard InChI is InChI=1S/C20H16ClN7/c1-12(26-19-16-18(23-10-22-16)24-11-25-19)20-27-15-9-5-8-14(21)17(15)28(20)13-6-3-2-4-7-13/h2-12H,1H3,(H2,22,23,24,25,26). The van der Waals surface area contributed by atoms with E-state index in [1.54, 1.807) is 6.33 Å². The van der Waals surface area contributed by atoms with Crippen LogP contribution in [0.2, 0.25) is 5.02 Å². The van der Waals surface area contributed by atoms with E-state index < -0.39 is 0 Å². The van der Waals surface area contributed by atoms with Crippen molar-refractivity contribution in [2.24, 2.45) is 0 Å². The first-order valence-corrected chi connectivity index (χ1v) is 9.23. The number of nitrogens with zero attached hydrogens (tertiary/aromatic N) is 5. The molecule has 1 unspecified atom stereocenters. The van der Waals surface area contributed by atoms with Crippen molar-refractivity contribution in [1.29, 1.82) is 0 Å². The largest absolute Gasteiger partial charge is 0.358 e. The fraction of sp³-hybridized carbons (Fsp3) is 0.100. The SMILES string of the molecule is CC(Nc1ncnc2nc[nH]c12)c1nc2cccc(Cl)c2n1-c1ccccc1. The number of hydrogen-bond donors (Lipinski definition) is 2. The fourth-order valence-corrected chi connectivity index (χ4v) is 3.63. The molecule has 0 bridgehead atoms. The smallest absolute Gasteiger partial charge is 0.182 e. The predicted molar refractivity (Wildman–Crippen MR) is 110 cm³/mol. The van der Waals surface area contributed by atoms with E-state index in [1.807, 2.05) is 55.5 Å². The molecular formula is C20H16ClN7. The highest BCUT2D eigenvalue weighted by Gasteiger charge is 2.20. The van der Waals surface area contributed by atoms with Gasteiger partial charge in [0, 0.05) is 5.69 Å².